The van der Waals surface area contributed by atoms with Crippen LogP contribution < -0.4 is 21.3 Å². The summed E-state index contributed by atoms with van der Waals surface area (Å²) < 4.78 is 69.5. The smallest absolute Gasteiger partial charge is 0.436 e. The number of carbonyl (C=O) groups excluding carboxylic acids is 2. The van der Waals surface area contributed by atoms with Crippen molar-refractivity contribution >= 4 is 40.7 Å². The summed E-state index contributed by atoms with van der Waals surface area (Å²) in [5.41, 5.74) is 3.16. The van der Waals surface area contributed by atoms with Crippen molar-refractivity contribution in [2.45, 2.75) is 25.6 Å². The molecule has 2 heterocycles. The van der Waals surface area contributed by atoms with E-state index in [-0.39, 0.29) is 44.5 Å². The normalized spacial score (nSPS) is 13.6. The van der Waals surface area contributed by atoms with Crippen LogP contribution in [-0.4, -0.2) is 38.4 Å². The molecule has 4 aromatic rings. The van der Waals surface area contributed by atoms with E-state index < -0.39 is 48.1 Å². The second kappa shape index (κ2) is 11.6. The third-order valence-corrected chi connectivity index (χ3v) is 6.51. The Bertz CT molecular complexity index is 1810. The maximum atomic E-state index is 13.4. The summed E-state index contributed by atoms with van der Waals surface area (Å²) in [5.74, 6) is -1.89. The van der Waals surface area contributed by atoms with Gasteiger partial charge in [0.2, 0.25) is 11.8 Å². The number of nitrogens with one attached hydrogen (secondary N) is 1. The number of ether oxygens (including phenoxy) is 1. The number of carbonyl (C=O) groups is 2. The van der Waals surface area contributed by atoms with Crippen molar-refractivity contribution in [1.82, 2.24) is 19.6 Å². The molecule has 4 rings (SSSR count). The molecule has 0 fully saturated rings. The molecule has 0 saturated heterocycles. The Morgan fingerprint density at radius 3 is 2.51 bits per heavy atom. The number of nitrogens with two attached hydrogens (primary N) is 1. The lowest BCUT2D eigenvalue weighted by Crippen LogP contribution is -2.32. The van der Waals surface area contributed by atoms with Crippen molar-refractivity contribution in [3.8, 4) is 22.6 Å². The quantitative estimate of drug-likeness (QED) is 0.284. The Kier molecular flexibility index (Phi) is 7.26. The van der Waals surface area contributed by atoms with Gasteiger partial charge in [0.15, 0.2) is 5.69 Å². The number of amides is 2. The molecule has 15 heteroatoms. The molecule has 0 aliphatic carbocycles. The number of nitrogens with zero attached hydrogens (tertiary/aromatic N) is 4. The molecule has 0 spiro atoms. The second-order valence-electron chi connectivity index (χ2n) is 8.58. The fourth-order valence-corrected chi connectivity index (χ4v) is 4.47. The van der Waals surface area contributed by atoms with E-state index in [1.54, 1.807) is 6.92 Å². The Labute approximate surface area is 244 Å². The highest BCUT2D eigenvalue weighted by Gasteiger charge is 2.35. The highest BCUT2D eigenvalue weighted by Crippen LogP contribution is 2.36. The van der Waals surface area contributed by atoms with E-state index >= 15 is 0 Å². The Balaban J connectivity index is 1.82. The fourth-order valence-electron chi connectivity index (χ4n) is 4.03. The number of primary amides is 1. The van der Waals surface area contributed by atoms with Gasteiger partial charge in [0.25, 0.3) is 5.56 Å². The lowest BCUT2D eigenvalue weighted by atomic mass is 10.0. The maximum Gasteiger partial charge on any atom is 0.436 e. The van der Waals surface area contributed by atoms with Gasteiger partial charge in [-0.15, -0.1) is 5.10 Å². The zero-order valence-electron chi connectivity index (χ0n) is 23.9. The van der Waals surface area contributed by atoms with Crippen LogP contribution in [0.5, 0.6) is 5.75 Å². The summed E-state index contributed by atoms with van der Waals surface area (Å²) in [5, 5.41) is 9.30. The highest BCUT2D eigenvalue weighted by molar-refractivity contribution is 6.34. The molecule has 1 atom stereocenters. The van der Waals surface area contributed by atoms with Gasteiger partial charge < -0.3 is 15.8 Å². The first kappa shape index (κ1) is 25.6. The molecule has 41 heavy (non-hydrogen) atoms. The molecule has 2 aromatic heterocycles. The highest BCUT2D eigenvalue weighted by atomic mass is 35.5. The summed E-state index contributed by atoms with van der Waals surface area (Å²) >= 11 is 12.2. The van der Waals surface area contributed by atoms with Crippen molar-refractivity contribution in [3.05, 3.63) is 86.5 Å². The zero-order chi connectivity index (χ0) is 32.6. The number of pyridine rings is 1. The predicted octanol–water partition coefficient (Wildman–Crippen LogP) is 5.12. The average molecular weight is 612 g/mol. The molecule has 3 N–H and O–H groups in total. The monoisotopic (exact) mass is 611 g/mol. The molecule has 0 bridgehead atoms. The SMILES string of the molecule is [2H]C([2H])([2H])Oc1cn([C@@H](CC)C(=O)Nc2ccc(C(N)=O)c(Cl)c2)c(=O)cc1-c1cc(Cl)ccc1-n1cc(C(F)(F)F)nn1. The largest absolute Gasteiger partial charge is 0.495 e. The van der Waals surface area contributed by atoms with Crippen molar-refractivity contribution in [2.75, 3.05) is 12.4 Å². The van der Waals surface area contributed by atoms with E-state index in [2.05, 4.69) is 15.6 Å². The Morgan fingerprint density at radius 1 is 1.15 bits per heavy atom. The number of methoxy groups -OCH3 is 1. The third kappa shape index (κ3) is 6.20. The van der Waals surface area contributed by atoms with Crippen molar-refractivity contribution in [1.29, 1.82) is 0 Å². The molecule has 2 amide bonds. The van der Waals surface area contributed by atoms with Gasteiger partial charge in [0, 0.05) is 27.9 Å². The number of alkyl halides is 3. The topological polar surface area (TPSA) is 134 Å². The van der Waals surface area contributed by atoms with Crippen LogP contribution in [-0.2, 0) is 11.0 Å². The molecule has 0 aliphatic heterocycles. The summed E-state index contributed by atoms with van der Waals surface area (Å²) in [4.78, 5) is 38.1. The van der Waals surface area contributed by atoms with Gasteiger partial charge >= 0.3 is 6.18 Å². The van der Waals surface area contributed by atoms with Crippen LogP contribution in [0.2, 0.25) is 10.0 Å². The number of rotatable bonds is 8. The van der Waals surface area contributed by atoms with Gasteiger partial charge in [0.05, 0.1) is 39.8 Å². The van der Waals surface area contributed by atoms with Crippen molar-refractivity contribution in [3.63, 3.8) is 0 Å². The van der Waals surface area contributed by atoms with Crippen molar-refractivity contribution < 1.29 is 31.6 Å². The lowest BCUT2D eigenvalue weighted by molar-refractivity contribution is -0.141. The van der Waals surface area contributed by atoms with Gasteiger partial charge in [-0.1, -0.05) is 35.3 Å². The van der Waals surface area contributed by atoms with Crippen LogP contribution in [0.15, 0.2) is 59.7 Å². The zero-order valence-corrected chi connectivity index (χ0v) is 22.4. The fraction of sp³-hybridized carbons (Fsp3) is 0.192. The molecular weight excluding hydrogens is 588 g/mol. The van der Waals surface area contributed by atoms with Crippen molar-refractivity contribution in [2.24, 2.45) is 5.73 Å². The van der Waals surface area contributed by atoms with Gasteiger partial charge in [-0.25, -0.2) is 4.68 Å². The molecular formula is C26H21Cl2F3N6O4. The van der Waals surface area contributed by atoms with Crippen LogP contribution in [0.4, 0.5) is 18.9 Å². The minimum Gasteiger partial charge on any atom is -0.495 e. The molecule has 0 saturated carbocycles. The number of halogens is 5. The minimum atomic E-state index is -4.80. The van der Waals surface area contributed by atoms with E-state index in [9.17, 15) is 27.6 Å². The van der Waals surface area contributed by atoms with Crippen LogP contribution in [0.1, 0.15) is 39.6 Å². The summed E-state index contributed by atoms with van der Waals surface area (Å²) in [6.45, 7) is 1.59. The standard InChI is InChI=1S/C26H21Cl2F3N6O4/c1-3-19(25(40)33-14-5-6-15(24(32)39)18(28)9-14)36-11-21(41-2)17(10-23(36)38)16-8-13(27)4-7-20(16)37-12-22(34-35-37)26(29,30)31/h4-12,19H,3H2,1-2H3,(H2,32,39)(H,33,40)/t19-/m0/s1/i2D3. The van der Waals surface area contributed by atoms with E-state index in [1.807, 2.05) is 0 Å². The Hall–Kier alpha value is -4.36. The van der Waals surface area contributed by atoms with Gasteiger partial charge in [0.1, 0.15) is 11.8 Å². The summed E-state index contributed by atoms with van der Waals surface area (Å²) in [6, 6.07) is 7.66. The number of anilines is 1. The first-order valence-corrected chi connectivity index (χ1v) is 12.4. The van der Waals surface area contributed by atoms with Gasteiger partial charge in [-0.05, 0) is 42.8 Å². The van der Waals surface area contributed by atoms with E-state index in [4.69, 9.17) is 37.8 Å². The summed E-state index contributed by atoms with van der Waals surface area (Å²) in [7, 11) is -3.05. The third-order valence-electron chi connectivity index (χ3n) is 5.96. The minimum absolute atomic E-state index is 0.0127. The maximum absolute atomic E-state index is 13.4. The Morgan fingerprint density at radius 2 is 1.90 bits per heavy atom. The molecule has 0 unspecified atom stereocenters. The molecule has 214 valence electrons. The summed E-state index contributed by atoms with van der Waals surface area (Å²) in [6.07, 6.45) is -3.13. The predicted molar refractivity (Wildman–Crippen MR) is 146 cm³/mol. The first-order chi connectivity index (χ1) is 20.5. The van der Waals surface area contributed by atoms with E-state index in [0.717, 1.165) is 21.5 Å². The molecule has 0 aliphatic rings. The van der Waals surface area contributed by atoms with Crippen LogP contribution in [0.3, 0.4) is 0 Å². The number of aromatic nitrogens is 4. The second-order valence-corrected chi connectivity index (χ2v) is 9.42. The van der Waals surface area contributed by atoms with Gasteiger partial charge in [-0.3, -0.25) is 19.0 Å². The first-order valence-electron chi connectivity index (χ1n) is 13.1. The number of hydrogen-bond donors (Lipinski definition) is 2. The average Bonchev–Trinajstić information content (AvgIpc) is 3.40. The molecule has 0 radical (unpaired) electrons. The van der Waals surface area contributed by atoms with Crippen LogP contribution in [0.25, 0.3) is 16.8 Å². The molecule has 2 aromatic carbocycles. The lowest BCUT2D eigenvalue weighted by Gasteiger charge is -2.21. The molecule has 10 nitrogen and oxygen atoms in total. The van der Waals surface area contributed by atoms with Gasteiger partial charge in [-0.2, -0.15) is 13.2 Å². The number of hydrogen-bond acceptors (Lipinski definition) is 6. The van der Waals surface area contributed by atoms with E-state index in [0.29, 0.717) is 6.20 Å². The van der Waals surface area contributed by atoms with Crippen LogP contribution in [0, 0.1) is 0 Å². The van der Waals surface area contributed by atoms with E-state index in [1.165, 1.54) is 36.4 Å². The van der Waals surface area contributed by atoms with Crippen LogP contribution >= 0.6 is 23.2 Å². The number of benzene rings is 2.